The number of methoxy groups -OCH3 is 1. The van der Waals surface area contributed by atoms with Gasteiger partial charge in [0.25, 0.3) is 11.7 Å². The van der Waals surface area contributed by atoms with E-state index in [0.29, 0.717) is 52.0 Å². The Morgan fingerprint density at radius 1 is 1.05 bits per heavy atom. The molecule has 0 saturated carbocycles. The molecule has 206 valence electrons. The van der Waals surface area contributed by atoms with Gasteiger partial charge in [-0.3, -0.25) is 0 Å². The molecule has 1 aliphatic rings. The summed E-state index contributed by atoms with van der Waals surface area (Å²) in [6, 6.07) is 8.91. The highest BCUT2D eigenvalue weighted by Gasteiger charge is 2.46. The van der Waals surface area contributed by atoms with E-state index in [9.17, 15) is 8.78 Å². The van der Waals surface area contributed by atoms with Gasteiger partial charge in [0, 0.05) is 18.7 Å². The Bertz CT molecular complexity index is 1700. The second-order valence-electron chi connectivity index (χ2n) is 9.61. The molecular formula is C27H26F2N8O3. The molecule has 1 saturated heterocycles. The monoisotopic (exact) mass is 548 g/mol. The Morgan fingerprint density at radius 3 is 2.70 bits per heavy atom. The van der Waals surface area contributed by atoms with E-state index < -0.39 is 12.0 Å². The number of ether oxygens (including phenoxy) is 3. The first-order valence-electron chi connectivity index (χ1n) is 12.6. The van der Waals surface area contributed by atoms with Crippen molar-refractivity contribution in [1.82, 2.24) is 34.4 Å². The highest BCUT2D eigenvalue weighted by molar-refractivity contribution is 5.97. The lowest BCUT2D eigenvalue weighted by Crippen LogP contribution is -2.52. The molecule has 4 heterocycles. The molecule has 0 unspecified atom stereocenters. The summed E-state index contributed by atoms with van der Waals surface area (Å²) in [6.45, 7) is 2.01. The SMILES string of the molecule is COc1ccc2ncnc(Nc3ccc(Oc4cnc5ncnn5c4)c(C)c3)c2c1O[C@@H]1CCN(C)CC1(F)F. The van der Waals surface area contributed by atoms with E-state index in [-0.39, 0.29) is 18.7 Å². The maximum Gasteiger partial charge on any atom is 0.296 e. The van der Waals surface area contributed by atoms with Crippen LogP contribution in [0.2, 0.25) is 0 Å². The molecule has 11 nitrogen and oxygen atoms in total. The molecule has 1 N–H and O–H groups in total. The van der Waals surface area contributed by atoms with Gasteiger partial charge in [0.05, 0.1) is 37.0 Å². The minimum absolute atomic E-state index is 0.166. The van der Waals surface area contributed by atoms with Gasteiger partial charge in [-0.1, -0.05) is 0 Å². The molecule has 0 bridgehead atoms. The predicted octanol–water partition coefficient (Wildman–Crippen LogP) is 4.64. The average molecular weight is 549 g/mol. The average Bonchev–Trinajstić information content (AvgIpc) is 3.39. The first-order valence-corrected chi connectivity index (χ1v) is 12.6. The standard InChI is InChI=1S/C27H26F2N8O3/c1-16-10-17(4-6-20(16)39-18-11-30-26-33-15-34-37(26)12-18)35-25-23-19(31-14-32-25)5-7-21(38-3)24(23)40-22-8-9-36(2)13-27(22,28)29/h4-7,10-12,14-15,22H,8-9,13H2,1-3H3,(H,31,32,35)/t22-/m1/s1. The van der Waals surface area contributed by atoms with Gasteiger partial charge in [-0.15, -0.1) is 0 Å². The van der Waals surface area contributed by atoms with Gasteiger partial charge in [-0.2, -0.15) is 10.1 Å². The van der Waals surface area contributed by atoms with E-state index in [1.807, 2.05) is 25.1 Å². The summed E-state index contributed by atoms with van der Waals surface area (Å²) in [5.41, 5.74) is 2.06. The van der Waals surface area contributed by atoms with Crippen molar-refractivity contribution in [1.29, 1.82) is 0 Å². The number of rotatable bonds is 7. The Balaban J connectivity index is 1.31. The van der Waals surface area contributed by atoms with Crippen molar-refractivity contribution in [2.75, 3.05) is 32.6 Å². The van der Waals surface area contributed by atoms with Crippen molar-refractivity contribution < 1.29 is 23.0 Å². The van der Waals surface area contributed by atoms with Crippen molar-refractivity contribution >= 4 is 28.2 Å². The van der Waals surface area contributed by atoms with Crippen molar-refractivity contribution in [3.05, 3.63) is 60.9 Å². The lowest BCUT2D eigenvalue weighted by atomic mass is 10.0. The molecule has 1 atom stereocenters. The molecule has 3 aromatic heterocycles. The smallest absolute Gasteiger partial charge is 0.296 e. The second-order valence-corrected chi connectivity index (χ2v) is 9.61. The van der Waals surface area contributed by atoms with Crippen LogP contribution in [0, 0.1) is 6.92 Å². The van der Waals surface area contributed by atoms with Gasteiger partial charge >= 0.3 is 0 Å². The number of hydrogen-bond donors (Lipinski definition) is 1. The zero-order chi connectivity index (χ0) is 27.9. The maximum absolute atomic E-state index is 14.9. The lowest BCUT2D eigenvalue weighted by Gasteiger charge is -2.36. The quantitative estimate of drug-likeness (QED) is 0.309. The summed E-state index contributed by atoms with van der Waals surface area (Å²) >= 11 is 0. The molecule has 0 amide bonds. The van der Waals surface area contributed by atoms with Crippen LogP contribution in [0.1, 0.15) is 12.0 Å². The number of benzene rings is 2. The number of anilines is 2. The molecule has 0 radical (unpaired) electrons. The van der Waals surface area contributed by atoms with Crippen molar-refractivity contribution in [3.8, 4) is 23.0 Å². The topological polar surface area (TPSA) is 112 Å². The maximum atomic E-state index is 14.9. The Kier molecular flexibility index (Phi) is 6.50. The number of aryl methyl sites for hydroxylation is 1. The van der Waals surface area contributed by atoms with Crippen molar-refractivity contribution in [2.45, 2.75) is 25.4 Å². The molecule has 13 heteroatoms. The summed E-state index contributed by atoms with van der Waals surface area (Å²) in [5, 5.41) is 7.80. The number of piperidine rings is 1. The van der Waals surface area contributed by atoms with Gasteiger partial charge in [0.15, 0.2) is 23.4 Å². The van der Waals surface area contributed by atoms with E-state index in [1.165, 1.54) is 24.3 Å². The van der Waals surface area contributed by atoms with Crippen LogP contribution in [0.25, 0.3) is 16.7 Å². The Morgan fingerprint density at radius 2 is 1.90 bits per heavy atom. The van der Waals surface area contributed by atoms with Crippen LogP contribution < -0.4 is 19.5 Å². The molecule has 1 aliphatic heterocycles. The van der Waals surface area contributed by atoms with E-state index in [2.05, 4.69) is 30.4 Å². The van der Waals surface area contributed by atoms with Crippen molar-refractivity contribution in [3.63, 3.8) is 0 Å². The summed E-state index contributed by atoms with van der Waals surface area (Å²) in [5.74, 6) is -0.561. The first-order chi connectivity index (χ1) is 19.3. The van der Waals surface area contributed by atoms with Crippen LogP contribution in [0.4, 0.5) is 20.3 Å². The summed E-state index contributed by atoms with van der Waals surface area (Å²) in [6.07, 6.45) is 4.94. The second kappa shape index (κ2) is 10.2. The fraction of sp³-hybridized carbons (Fsp3) is 0.296. The van der Waals surface area contributed by atoms with Crippen LogP contribution in [0.3, 0.4) is 0 Å². The minimum Gasteiger partial charge on any atom is -0.493 e. The van der Waals surface area contributed by atoms with Crippen molar-refractivity contribution in [2.24, 2.45) is 0 Å². The summed E-state index contributed by atoms with van der Waals surface area (Å²) in [7, 11) is 3.14. The molecule has 0 aliphatic carbocycles. The fourth-order valence-corrected chi connectivity index (χ4v) is 4.71. The van der Waals surface area contributed by atoms with E-state index >= 15 is 0 Å². The third-order valence-corrected chi connectivity index (χ3v) is 6.70. The highest BCUT2D eigenvalue weighted by atomic mass is 19.3. The van der Waals surface area contributed by atoms with Gasteiger partial charge < -0.3 is 24.4 Å². The largest absolute Gasteiger partial charge is 0.493 e. The zero-order valence-corrected chi connectivity index (χ0v) is 22.0. The highest BCUT2D eigenvalue weighted by Crippen LogP contribution is 2.42. The van der Waals surface area contributed by atoms with Crippen LogP contribution in [0.15, 0.2) is 55.4 Å². The molecule has 40 heavy (non-hydrogen) atoms. The third kappa shape index (κ3) is 4.91. The minimum atomic E-state index is -3.04. The Hall–Kier alpha value is -4.65. The third-order valence-electron chi connectivity index (χ3n) is 6.70. The number of likely N-dealkylation sites (tertiary alicyclic amines) is 1. The van der Waals surface area contributed by atoms with E-state index in [1.54, 1.807) is 36.5 Å². The number of halogens is 2. The summed E-state index contributed by atoms with van der Waals surface area (Å²) < 4.78 is 48.9. The van der Waals surface area contributed by atoms with Gasteiger partial charge in [-0.25, -0.2) is 28.2 Å². The van der Waals surface area contributed by atoms with Crippen LogP contribution in [-0.2, 0) is 0 Å². The van der Waals surface area contributed by atoms with Gasteiger partial charge in [-0.05, 0) is 49.9 Å². The van der Waals surface area contributed by atoms with Crippen LogP contribution in [0.5, 0.6) is 23.0 Å². The number of hydrogen-bond acceptors (Lipinski definition) is 10. The van der Waals surface area contributed by atoms with E-state index in [4.69, 9.17) is 14.2 Å². The van der Waals surface area contributed by atoms with Gasteiger partial charge in [0.1, 0.15) is 24.2 Å². The molecular weight excluding hydrogens is 522 g/mol. The molecule has 6 rings (SSSR count). The number of nitrogens with zero attached hydrogens (tertiary/aromatic N) is 7. The Labute approximate surface area is 227 Å². The molecule has 0 spiro atoms. The normalized spacial score (nSPS) is 17.2. The molecule has 2 aromatic carbocycles. The fourth-order valence-electron chi connectivity index (χ4n) is 4.71. The first kappa shape index (κ1) is 25.6. The number of alkyl halides is 2. The number of aromatic nitrogens is 6. The lowest BCUT2D eigenvalue weighted by molar-refractivity contribution is -0.135. The molecule has 1 fully saturated rings. The van der Waals surface area contributed by atoms with Crippen LogP contribution in [-0.4, -0.2) is 73.7 Å². The van der Waals surface area contributed by atoms with Gasteiger partial charge in [0.2, 0.25) is 0 Å². The molecule has 5 aromatic rings. The van der Waals surface area contributed by atoms with E-state index in [0.717, 1.165) is 5.56 Å². The number of nitrogens with one attached hydrogen (secondary N) is 1. The summed E-state index contributed by atoms with van der Waals surface area (Å²) in [4.78, 5) is 18.6. The zero-order valence-electron chi connectivity index (χ0n) is 22.0. The number of fused-ring (bicyclic) bond motifs is 2. The predicted molar refractivity (Wildman–Crippen MR) is 143 cm³/mol. The van der Waals surface area contributed by atoms with Crippen LogP contribution >= 0.6 is 0 Å².